The first-order valence-corrected chi connectivity index (χ1v) is 17.3. The number of amides is 3. The van der Waals surface area contributed by atoms with E-state index < -0.39 is 92.1 Å². The van der Waals surface area contributed by atoms with Crippen molar-refractivity contribution < 1.29 is 54.3 Å². The fraction of sp³-hybridized carbons (Fsp3) is 0.438. The molecule has 2 unspecified atom stereocenters. The Balaban J connectivity index is 1.66. The van der Waals surface area contributed by atoms with E-state index in [1.807, 2.05) is 0 Å². The largest absolute Gasteiger partial charge is 0.508 e. The summed E-state index contributed by atoms with van der Waals surface area (Å²) in [5, 5.41) is 60.0. The molecule has 0 radical (unpaired) electrons. The van der Waals surface area contributed by atoms with E-state index in [1.165, 1.54) is 48.5 Å². The third-order valence-corrected chi connectivity index (χ3v) is 11.5. The van der Waals surface area contributed by atoms with E-state index in [4.69, 9.17) is 5.73 Å². The van der Waals surface area contributed by atoms with E-state index in [0.717, 1.165) is 23.5 Å². The number of carbonyl (C=O) groups is 6. The first kappa shape index (κ1) is 39.2. The molecule has 2 aliphatic heterocycles. The molecular formula is C32H40N6O11S2. The molecular weight excluding hydrogens is 709 g/mol. The number of aliphatic carboxylic acids is 3. The number of hydrogen-bond donors (Lipinski definition) is 11. The molecule has 12 N–H and O–H groups in total. The molecule has 17 nitrogen and oxygen atoms in total. The van der Waals surface area contributed by atoms with Gasteiger partial charge in [-0.2, -0.15) is 0 Å². The molecule has 8 atom stereocenters. The third kappa shape index (κ3) is 9.03. The number of aromatic hydroxyl groups is 2. The van der Waals surface area contributed by atoms with Crippen molar-refractivity contribution in [2.75, 3.05) is 0 Å². The Bertz CT molecular complexity index is 1670. The highest BCUT2D eigenvalue weighted by atomic mass is 32.2. The predicted octanol–water partition coefficient (Wildman–Crippen LogP) is -0.202. The minimum absolute atomic E-state index is 0.0754. The van der Waals surface area contributed by atoms with Crippen molar-refractivity contribution in [2.24, 2.45) is 5.73 Å². The zero-order valence-corrected chi connectivity index (χ0v) is 29.5. The minimum atomic E-state index is -1.68. The Hall–Kier alpha value is -4.56. The van der Waals surface area contributed by atoms with Crippen molar-refractivity contribution in [1.29, 1.82) is 0 Å². The summed E-state index contributed by atoms with van der Waals surface area (Å²) in [4.78, 5) is 77.8. The maximum absolute atomic E-state index is 14.2. The summed E-state index contributed by atoms with van der Waals surface area (Å²) in [6.45, 7) is 6.48. The molecule has 0 saturated carbocycles. The number of carboxylic acid groups (broad SMARTS) is 3. The SMILES string of the molecule is CC1(C)SC([C@H](NC(=O)[C@H](NC(=O)[C@H](NC(=O)[C@H](N)c2ccc(O)cc2)C2N[C@@H](C(=O)O)C(C)(C)S2)c2ccc(O)cc2)C(=O)O)N[C@H]1C(=O)O. The van der Waals surface area contributed by atoms with Gasteiger partial charge in [0, 0.05) is 9.49 Å². The Morgan fingerprint density at radius 3 is 1.47 bits per heavy atom. The number of rotatable bonds is 13. The maximum Gasteiger partial charge on any atom is 0.328 e. The van der Waals surface area contributed by atoms with Gasteiger partial charge >= 0.3 is 17.9 Å². The molecule has 2 aromatic rings. The van der Waals surface area contributed by atoms with Crippen LogP contribution in [0.5, 0.6) is 11.5 Å². The highest BCUT2D eigenvalue weighted by molar-refractivity contribution is 8.01. The summed E-state index contributed by atoms with van der Waals surface area (Å²) in [5.74, 6) is -7.03. The zero-order chi connectivity index (χ0) is 38.0. The van der Waals surface area contributed by atoms with Gasteiger partial charge in [0.15, 0.2) is 6.04 Å². The Morgan fingerprint density at radius 2 is 1.06 bits per heavy atom. The van der Waals surface area contributed by atoms with Crippen LogP contribution < -0.4 is 32.3 Å². The van der Waals surface area contributed by atoms with Crippen molar-refractivity contribution in [3.63, 3.8) is 0 Å². The molecule has 276 valence electrons. The standard InChI is InChI=1S/C32H40N6O11S2/c1-31(2)21(29(46)47)37-26(50-31)19(35-23(41)17(33)13-5-9-15(39)10-6-13)25(43)34-18(14-7-11-16(40)12-8-14)24(42)36-20(28(44)45)27-38-22(30(48)49)32(3,4)51-27/h5-12,17-22,26-27,37-40H,33H2,1-4H3,(H,34,43)(H,35,41)(H,36,42)(H,44,45)(H,46,47)(H,48,49)/t17-,18-,19+,20+,21+,22+,26?,27?/m1/s1. The van der Waals surface area contributed by atoms with E-state index in [0.29, 0.717) is 0 Å². The number of nitrogens with two attached hydrogens (primary N) is 1. The maximum atomic E-state index is 14.2. The van der Waals surface area contributed by atoms with Gasteiger partial charge in [0.1, 0.15) is 41.7 Å². The van der Waals surface area contributed by atoms with Gasteiger partial charge in [-0.3, -0.25) is 34.6 Å². The highest BCUT2D eigenvalue weighted by Gasteiger charge is 2.51. The van der Waals surface area contributed by atoms with Gasteiger partial charge in [-0.1, -0.05) is 24.3 Å². The second-order valence-corrected chi connectivity index (χ2v) is 16.7. The summed E-state index contributed by atoms with van der Waals surface area (Å²) >= 11 is 2.05. The zero-order valence-electron chi connectivity index (χ0n) is 27.8. The second-order valence-electron chi connectivity index (χ2n) is 13.1. The Kier molecular flexibility index (Phi) is 11.8. The van der Waals surface area contributed by atoms with Crippen molar-refractivity contribution in [2.45, 2.75) is 84.2 Å². The summed E-state index contributed by atoms with van der Waals surface area (Å²) in [6.07, 6.45) is 0. The molecule has 2 heterocycles. The minimum Gasteiger partial charge on any atom is -0.508 e. The third-order valence-electron chi connectivity index (χ3n) is 8.47. The molecule has 0 bridgehead atoms. The van der Waals surface area contributed by atoms with Crippen molar-refractivity contribution in [3.05, 3.63) is 59.7 Å². The summed E-state index contributed by atoms with van der Waals surface area (Å²) in [6, 6.07) is 2.02. The topological polar surface area (TPSA) is 290 Å². The van der Waals surface area contributed by atoms with Crippen LogP contribution in [-0.2, 0) is 28.8 Å². The normalized spacial score (nSPS) is 24.3. The van der Waals surface area contributed by atoms with Crippen molar-refractivity contribution in [1.82, 2.24) is 26.6 Å². The molecule has 4 rings (SSSR count). The number of benzene rings is 2. The molecule has 2 aliphatic rings. The van der Waals surface area contributed by atoms with Crippen LogP contribution in [0.3, 0.4) is 0 Å². The predicted molar refractivity (Wildman–Crippen MR) is 186 cm³/mol. The van der Waals surface area contributed by atoms with Crippen LogP contribution in [0, 0.1) is 0 Å². The quantitative estimate of drug-likeness (QED) is 0.126. The highest BCUT2D eigenvalue weighted by Crippen LogP contribution is 2.40. The van der Waals surface area contributed by atoms with Crippen LogP contribution in [-0.4, -0.2) is 106 Å². The fourth-order valence-corrected chi connectivity index (χ4v) is 8.69. The molecule has 2 aromatic carbocycles. The second kappa shape index (κ2) is 15.4. The number of phenols is 2. The van der Waals surface area contributed by atoms with E-state index in [9.17, 15) is 54.3 Å². The van der Waals surface area contributed by atoms with Gasteiger partial charge in [-0.15, -0.1) is 23.5 Å². The van der Waals surface area contributed by atoms with Crippen molar-refractivity contribution >= 4 is 59.2 Å². The van der Waals surface area contributed by atoms with Gasteiger partial charge in [-0.25, -0.2) is 4.79 Å². The van der Waals surface area contributed by atoms with E-state index in [1.54, 1.807) is 27.7 Å². The lowest BCUT2D eigenvalue weighted by Gasteiger charge is -2.29. The number of carbonyl (C=O) groups excluding carboxylic acids is 3. The van der Waals surface area contributed by atoms with Gasteiger partial charge in [0.05, 0.1) is 10.7 Å². The van der Waals surface area contributed by atoms with Gasteiger partial charge in [0.25, 0.3) is 0 Å². The van der Waals surface area contributed by atoms with Crippen LogP contribution in [0.15, 0.2) is 48.5 Å². The van der Waals surface area contributed by atoms with Crippen LogP contribution in [0.1, 0.15) is 50.9 Å². The first-order chi connectivity index (χ1) is 23.7. The number of thioether (sulfide) groups is 2. The molecule has 19 heteroatoms. The smallest absolute Gasteiger partial charge is 0.328 e. The number of nitrogens with one attached hydrogen (secondary N) is 5. The van der Waals surface area contributed by atoms with E-state index in [-0.39, 0.29) is 22.6 Å². The average molecular weight is 749 g/mol. The molecule has 51 heavy (non-hydrogen) atoms. The molecule has 0 aromatic heterocycles. The Labute approximate surface area is 300 Å². The average Bonchev–Trinajstić information content (AvgIpc) is 3.55. The Morgan fingerprint density at radius 1 is 0.647 bits per heavy atom. The summed E-state index contributed by atoms with van der Waals surface area (Å²) in [7, 11) is 0. The van der Waals surface area contributed by atoms with Crippen LogP contribution >= 0.6 is 23.5 Å². The number of carboxylic acids is 3. The molecule has 2 fully saturated rings. The van der Waals surface area contributed by atoms with Crippen LogP contribution in [0.25, 0.3) is 0 Å². The summed E-state index contributed by atoms with van der Waals surface area (Å²) < 4.78 is -1.94. The van der Waals surface area contributed by atoms with Crippen LogP contribution in [0.2, 0.25) is 0 Å². The lowest BCUT2D eigenvalue weighted by Crippen LogP contribution is -2.60. The van der Waals surface area contributed by atoms with E-state index in [2.05, 4.69) is 26.6 Å². The van der Waals surface area contributed by atoms with Gasteiger partial charge < -0.3 is 47.2 Å². The van der Waals surface area contributed by atoms with Gasteiger partial charge in [-0.05, 0) is 63.1 Å². The number of phenolic OH excluding ortho intramolecular Hbond substituents is 2. The first-order valence-electron chi connectivity index (χ1n) is 15.5. The van der Waals surface area contributed by atoms with Crippen LogP contribution in [0.4, 0.5) is 0 Å². The van der Waals surface area contributed by atoms with E-state index >= 15 is 0 Å². The van der Waals surface area contributed by atoms with Crippen molar-refractivity contribution in [3.8, 4) is 11.5 Å². The lowest BCUT2D eigenvalue weighted by molar-refractivity contribution is -0.143. The molecule has 0 spiro atoms. The molecule has 0 aliphatic carbocycles. The molecule has 3 amide bonds. The monoisotopic (exact) mass is 748 g/mol. The fourth-order valence-electron chi connectivity index (χ4n) is 5.71. The number of hydrogen-bond acceptors (Lipinski definition) is 13. The molecule has 2 saturated heterocycles. The van der Waals surface area contributed by atoms with Gasteiger partial charge in [0.2, 0.25) is 17.7 Å². The lowest BCUT2D eigenvalue weighted by atomic mass is 10.0. The summed E-state index contributed by atoms with van der Waals surface area (Å²) in [5.41, 5.74) is 6.56.